The average Bonchev–Trinajstić information content (AvgIpc) is 3.18. The number of carbonyl (C=O) groups excluding carboxylic acids is 1. The number of carboxylic acids is 1. The molecule has 0 aliphatic heterocycles. The Balaban J connectivity index is 1.85. The molecule has 102 valence electrons. The number of amides is 1. The normalized spacial score (nSPS) is 13.9. The SMILES string of the molecule is Cc1cc(NCCNC(=O)C2CC2)c(C(=O)O)cn1. The van der Waals surface area contributed by atoms with E-state index in [4.69, 9.17) is 5.11 Å². The van der Waals surface area contributed by atoms with Crippen LogP contribution in [0.4, 0.5) is 5.69 Å². The van der Waals surface area contributed by atoms with Gasteiger partial charge in [-0.05, 0) is 25.8 Å². The molecule has 0 unspecified atom stereocenters. The van der Waals surface area contributed by atoms with E-state index in [1.165, 1.54) is 6.20 Å². The Morgan fingerprint density at radius 1 is 1.42 bits per heavy atom. The number of pyridine rings is 1. The zero-order chi connectivity index (χ0) is 13.8. The molecule has 6 nitrogen and oxygen atoms in total. The predicted molar refractivity (Wildman–Crippen MR) is 70.2 cm³/mol. The number of hydrogen-bond acceptors (Lipinski definition) is 4. The van der Waals surface area contributed by atoms with Gasteiger partial charge in [-0.25, -0.2) is 4.79 Å². The fraction of sp³-hybridized carbons (Fsp3) is 0.462. The molecule has 1 saturated carbocycles. The molecule has 0 spiro atoms. The minimum absolute atomic E-state index is 0.0890. The minimum Gasteiger partial charge on any atom is -0.478 e. The molecule has 1 aromatic rings. The van der Waals surface area contributed by atoms with Crippen LogP contribution in [0.5, 0.6) is 0 Å². The van der Waals surface area contributed by atoms with E-state index < -0.39 is 5.97 Å². The third-order valence-electron chi connectivity index (χ3n) is 2.96. The molecular formula is C13H17N3O3. The Hall–Kier alpha value is -2.11. The summed E-state index contributed by atoms with van der Waals surface area (Å²) >= 11 is 0. The van der Waals surface area contributed by atoms with Crippen LogP contribution in [0.1, 0.15) is 28.9 Å². The number of nitrogens with one attached hydrogen (secondary N) is 2. The number of aromatic nitrogens is 1. The van der Waals surface area contributed by atoms with Crippen LogP contribution in [-0.2, 0) is 4.79 Å². The molecule has 0 atom stereocenters. The molecule has 1 aliphatic rings. The lowest BCUT2D eigenvalue weighted by atomic mass is 10.2. The number of aryl methyl sites for hydroxylation is 1. The van der Waals surface area contributed by atoms with Crippen molar-refractivity contribution in [2.24, 2.45) is 5.92 Å². The van der Waals surface area contributed by atoms with Gasteiger partial charge in [0.25, 0.3) is 0 Å². The lowest BCUT2D eigenvalue weighted by Crippen LogP contribution is -2.30. The van der Waals surface area contributed by atoms with E-state index in [0.717, 1.165) is 18.5 Å². The van der Waals surface area contributed by atoms with Gasteiger partial charge < -0.3 is 15.7 Å². The molecule has 0 saturated heterocycles. The van der Waals surface area contributed by atoms with E-state index in [2.05, 4.69) is 15.6 Å². The molecule has 1 aliphatic carbocycles. The molecular weight excluding hydrogens is 246 g/mol. The highest BCUT2D eigenvalue weighted by Crippen LogP contribution is 2.28. The molecule has 19 heavy (non-hydrogen) atoms. The first kappa shape index (κ1) is 13.3. The topological polar surface area (TPSA) is 91.3 Å². The Kier molecular flexibility index (Phi) is 3.99. The standard InChI is InChI=1S/C13H17N3O3/c1-8-6-11(10(7-16-8)13(18)19)14-4-5-15-12(17)9-2-3-9/h6-7,9H,2-5H2,1H3,(H,14,16)(H,15,17)(H,18,19). The van der Waals surface area contributed by atoms with Crippen molar-refractivity contribution in [1.82, 2.24) is 10.3 Å². The number of carboxylic acid groups (broad SMARTS) is 1. The van der Waals surface area contributed by atoms with Crippen LogP contribution in [0, 0.1) is 12.8 Å². The van der Waals surface area contributed by atoms with Gasteiger partial charge in [-0.15, -0.1) is 0 Å². The van der Waals surface area contributed by atoms with Crippen molar-refractivity contribution in [3.8, 4) is 0 Å². The first-order valence-corrected chi connectivity index (χ1v) is 6.29. The van der Waals surface area contributed by atoms with Crippen molar-refractivity contribution in [2.75, 3.05) is 18.4 Å². The Morgan fingerprint density at radius 3 is 2.79 bits per heavy atom. The summed E-state index contributed by atoms with van der Waals surface area (Å²) < 4.78 is 0. The molecule has 0 radical (unpaired) electrons. The van der Waals surface area contributed by atoms with Crippen molar-refractivity contribution >= 4 is 17.6 Å². The van der Waals surface area contributed by atoms with Crippen LogP contribution >= 0.6 is 0 Å². The maximum atomic E-state index is 11.4. The van der Waals surface area contributed by atoms with Gasteiger partial charge in [-0.2, -0.15) is 0 Å². The van der Waals surface area contributed by atoms with Crippen molar-refractivity contribution < 1.29 is 14.7 Å². The van der Waals surface area contributed by atoms with Crippen molar-refractivity contribution in [2.45, 2.75) is 19.8 Å². The predicted octanol–water partition coefficient (Wildman–Crippen LogP) is 1.03. The number of aromatic carboxylic acids is 1. The molecule has 1 amide bonds. The van der Waals surface area contributed by atoms with E-state index in [-0.39, 0.29) is 17.4 Å². The summed E-state index contributed by atoms with van der Waals surface area (Å²) in [4.78, 5) is 26.4. The van der Waals surface area contributed by atoms with Crippen LogP contribution in [0.2, 0.25) is 0 Å². The van der Waals surface area contributed by atoms with E-state index in [9.17, 15) is 9.59 Å². The van der Waals surface area contributed by atoms with Gasteiger partial charge in [0.1, 0.15) is 5.56 Å². The van der Waals surface area contributed by atoms with Gasteiger partial charge in [0, 0.05) is 30.9 Å². The lowest BCUT2D eigenvalue weighted by molar-refractivity contribution is -0.122. The fourth-order valence-electron chi connectivity index (χ4n) is 1.75. The fourth-order valence-corrected chi connectivity index (χ4v) is 1.75. The van der Waals surface area contributed by atoms with Crippen LogP contribution < -0.4 is 10.6 Å². The first-order valence-electron chi connectivity index (χ1n) is 6.29. The Bertz CT molecular complexity index is 498. The molecule has 2 rings (SSSR count). The molecule has 0 aromatic carbocycles. The largest absolute Gasteiger partial charge is 0.478 e. The van der Waals surface area contributed by atoms with Gasteiger partial charge in [-0.3, -0.25) is 9.78 Å². The van der Waals surface area contributed by atoms with Crippen molar-refractivity contribution in [3.05, 3.63) is 23.5 Å². The second-order valence-corrected chi connectivity index (χ2v) is 4.67. The maximum absolute atomic E-state index is 11.4. The summed E-state index contributed by atoms with van der Waals surface area (Å²) in [5, 5.41) is 14.9. The number of rotatable bonds is 6. The smallest absolute Gasteiger partial charge is 0.339 e. The summed E-state index contributed by atoms with van der Waals surface area (Å²) in [6.07, 6.45) is 3.29. The monoisotopic (exact) mass is 263 g/mol. The third kappa shape index (κ3) is 3.67. The number of nitrogens with zero attached hydrogens (tertiary/aromatic N) is 1. The maximum Gasteiger partial charge on any atom is 0.339 e. The highest BCUT2D eigenvalue weighted by Gasteiger charge is 2.28. The average molecular weight is 263 g/mol. The quantitative estimate of drug-likeness (QED) is 0.667. The second-order valence-electron chi connectivity index (χ2n) is 4.67. The van der Waals surface area contributed by atoms with E-state index in [0.29, 0.717) is 18.8 Å². The summed E-state index contributed by atoms with van der Waals surface area (Å²) in [5.74, 6) is -0.735. The molecule has 1 heterocycles. The molecule has 1 aromatic heterocycles. The van der Waals surface area contributed by atoms with Crippen LogP contribution in [0.3, 0.4) is 0 Å². The van der Waals surface area contributed by atoms with Crippen LogP contribution in [0.25, 0.3) is 0 Å². The Morgan fingerprint density at radius 2 is 2.16 bits per heavy atom. The van der Waals surface area contributed by atoms with Gasteiger partial charge >= 0.3 is 5.97 Å². The summed E-state index contributed by atoms with van der Waals surface area (Å²) in [7, 11) is 0. The van der Waals surface area contributed by atoms with Crippen molar-refractivity contribution in [1.29, 1.82) is 0 Å². The third-order valence-corrected chi connectivity index (χ3v) is 2.96. The highest BCUT2D eigenvalue weighted by molar-refractivity contribution is 5.93. The van der Waals surface area contributed by atoms with Gasteiger partial charge in [0.2, 0.25) is 5.91 Å². The zero-order valence-corrected chi connectivity index (χ0v) is 10.8. The summed E-state index contributed by atoms with van der Waals surface area (Å²) in [6.45, 7) is 2.77. The molecule has 0 bridgehead atoms. The van der Waals surface area contributed by atoms with E-state index >= 15 is 0 Å². The molecule has 6 heteroatoms. The highest BCUT2D eigenvalue weighted by atomic mass is 16.4. The second kappa shape index (κ2) is 5.69. The summed E-state index contributed by atoms with van der Waals surface area (Å²) in [5.41, 5.74) is 1.41. The number of anilines is 1. The first-order chi connectivity index (χ1) is 9.08. The van der Waals surface area contributed by atoms with Crippen LogP contribution in [0.15, 0.2) is 12.3 Å². The van der Waals surface area contributed by atoms with Crippen molar-refractivity contribution in [3.63, 3.8) is 0 Å². The van der Waals surface area contributed by atoms with Gasteiger partial charge in [-0.1, -0.05) is 0 Å². The van der Waals surface area contributed by atoms with Gasteiger partial charge in [0.15, 0.2) is 0 Å². The van der Waals surface area contributed by atoms with Crippen LogP contribution in [-0.4, -0.2) is 35.1 Å². The molecule has 3 N–H and O–H groups in total. The lowest BCUT2D eigenvalue weighted by Gasteiger charge is -2.10. The van der Waals surface area contributed by atoms with E-state index in [1.807, 2.05) is 0 Å². The number of carbonyl (C=O) groups is 2. The Labute approximate surface area is 111 Å². The van der Waals surface area contributed by atoms with E-state index in [1.54, 1.807) is 13.0 Å². The minimum atomic E-state index is -1.02. The zero-order valence-electron chi connectivity index (χ0n) is 10.8. The van der Waals surface area contributed by atoms with Gasteiger partial charge in [0.05, 0.1) is 5.69 Å². The number of hydrogen-bond donors (Lipinski definition) is 3. The summed E-state index contributed by atoms with van der Waals surface area (Å²) in [6, 6.07) is 1.69. The molecule has 1 fully saturated rings.